The van der Waals surface area contributed by atoms with Gasteiger partial charge in [-0.15, -0.1) is 0 Å². The zero-order chi connectivity index (χ0) is 14.1. The minimum atomic E-state index is -0.411. The van der Waals surface area contributed by atoms with Crippen molar-refractivity contribution in [2.45, 2.75) is 44.6 Å². The van der Waals surface area contributed by atoms with Crippen LogP contribution in [0.3, 0.4) is 0 Å². The van der Waals surface area contributed by atoms with Crippen molar-refractivity contribution in [1.29, 1.82) is 0 Å². The van der Waals surface area contributed by atoms with Crippen LogP contribution in [0.15, 0.2) is 6.20 Å². The molecule has 1 fully saturated rings. The van der Waals surface area contributed by atoms with E-state index in [0.717, 1.165) is 22.7 Å². The molecule has 0 amide bonds. The van der Waals surface area contributed by atoms with Crippen molar-refractivity contribution in [3.63, 3.8) is 0 Å². The first-order valence-electron chi connectivity index (χ1n) is 7.26. The van der Waals surface area contributed by atoms with Crippen LogP contribution in [0.1, 0.15) is 44.3 Å². The van der Waals surface area contributed by atoms with E-state index in [1.165, 1.54) is 25.7 Å². The van der Waals surface area contributed by atoms with E-state index in [-0.39, 0.29) is 0 Å². The molecule has 108 valence electrons. The Morgan fingerprint density at radius 3 is 2.85 bits per heavy atom. The summed E-state index contributed by atoms with van der Waals surface area (Å²) in [6, 6.07) is 0. The summed E-state index contributed by atoms with van der Waals surface area (Å²) >= 11 is 0. The molecule has 2 N–H and O–H groups in total. The Morgan fingerprint density at radius 2 is 2.15 bits per heavy atom. The molecule has 0 bridgehead atoms. The number of rotatable bonds is 4. The molecule has 1 aliphatic rings. The molecule has 6 nitrogen and oxygen atoms in total. The highest BCUT2D eigenvalue weighted by Crippen LogP contribution is 2.33. The Hall–Kier alpha value is -1.69. The van der Waals surface area contributed by atoms with Crippen molar-refractivity contribution in [1.82, 2.24) is 19.7 Å². The molecule has 1 saturated carbocycles. The largest absolute Gasteiger partial charge is 0.392 e. The second kappa shape index (κ2) is 5.36. The highest BCUT2D eigenvalue weighted by molar-refractivity contribution is 5.86. The van der Waals surface area contributed by atoms with E-state index >= 15 is 0 Å². The number of aryl methyl sites for hydroxylation is 1. The molecule has 1 aliphatic carbocycles. The van der Waals surface area contributed by atoms with Gasteiger partial charge in [-0.05, 0) is 19.8 Å². The average Bonchev–Trinajstić information content (AvgIpc) is 3.06. The van der Waals surface area contributed by atoms with E-state index < -0.39 is 6.10 Å². The Bertz CT molecular complexity index is 601. The monoisotopic (exact) mass is 275 g/mol. The van der Waals surface area contributed by atoms with E-state index in [9.17, 15) is 5.11 Å². The lowest BCUT2D eigenvalue weighted by molar-refractivity contribution is 0.208. The molecular formula is C14H21N5O. The lowest BCUT2D eigenvalue weighted by Crippen LogP contribution is -2.17. The molecule has 0 spiro atoms. The summed E-state index contributed by atoms with van der Waals surface area (Å²) in [5.74, 6) is 2.15. The predicted octanol–water partition coefficient (Wildman–Crippen LogP) is 1.81. The fourth-order valence-electron chi connectivity index (χ4n) is 2.78. The van der Waals surface area contributed by atoms with Gasteiger partial charge in [-0.1, -0.05) is 12.8 Å². The van der Waals surface area contributed by atoms with Gasteiger partial charge < -0.3 is 10.4 Å². The van der Waals surface area contributed by atoms with Crippen LogP contribution in [0.5, 0.6) is 0 Å². The Morgan fingerprint density at radius 1 is 1.40 bits per heavy atom. The van der Waals surface area contributed by atoms with Crippen LogP contribution in [-0.4, -0.2) is 37.5 Å². The van der Waals surface area contributed by atoms with Crippen LogP contribution in [-0.2, 0) is 7.05 Å². The summed E-state index contributed by atoms with van der Waals surface area (Å²) < 4.78 is 1.78. The van der Waals surface area contributed by atoms with E-state index in [1.807, 2.05) is 7.05 Å². The van der Waals surface area contributed by atoms with Crippen LogP contribution in [0.4, 0.5) is 5.82 Å². The van der Waals surface area contributed by atoms with Crippen molar-refractivity contribution < 1.29 is 5.11 Å². The first-order chi connectivity index (χ1) is 9.65. The normalized spacial score (nSPS) is 17.8. The van der Waals surface area contributed by atoms with Gasteiger partial charge in [-0.3, -0.25) is 4.68 Å². The second-order valence-corrected chi connectivity index (χ2v) is 5.65. The fraction of sp³-hybridized carbons (Fsp3) is 0.643. The Kier molecular flexibility index (Phi) is 3.56. The number of anilines is 1. The molecule has 3 rings (SSSR count). The van der Waals surface area contributed by atoms with Gasteiger partial charge in [0, 0.05) is 19.5 Å². The topological polar surface area (TPSA) is 75.9 Å². The maximum atomic E-state index is 9.45. The predicted molar refractivity (Wildman–Crippen MR) is 77.7 cm³/mol. The van der Waals surface area contributed by atoms with Crippen LogP contribution >= 0.6 is 0 Å². The number of nitrogens with zero attached hydrogens (tertiary/aromatic N) is 4. The fourth-order valence-corrected chi connectivity index (χ4v) is 2.78. The number of hydrogen-bond donors (Lipinski definition) is 2. The number of aromatic nitrogens is 4. The molecule has 20 heavy (non-hydrogen) atoms. The second-order valence-electron chi connectivity index (χ2n) is 5.65. The van der Waals surface area contributed by atoms with Crippen LogP contribution < -0.4 is 5.32 Å². The number of aliphatic hydroxyl groups is 1. The third-order valence-corrected chi connectivity index (χ3v) is 3.89. The molecule has 1 atom stereocenters. The van der Waals surface area contributed by atoms with Gasteiger partial charge in [-0.25, -0.2) is 9.97 Å². The average molecular weight is 275 g/mol. The molecule has 2 aromatic heterocycles. The van der Waals surface area contributed by atoms with Gasteiger partial charge in [0.05, 0.1) is 17.7 Å². The minimum Gasteiger partial charge on any atom is -0.392 e. The molecule has 6 heteroatoms. The molecule has 0 saturated heterocycles. The van der Waals surface area contributed by atoms with Gasteiger partial charge in [0.25, 0.3) is 0 Å². The number of hydrogen-bond acceptors (Lipinski definition) is 5. The highest BCUT2D eigenvalue weighted by atomic mass is 16.3. The SMILES string of the molecule is CC(O)CNc1nc(C2CCCC2)nc2c1cnn2C. The molecule has 2 aromatic rings. The van der Waals surface area contributed by atoms with E-state index in [0.29, 0.717) is 12.5 Å². The number of aliphatic hydroxyl groups excluding tert-OH is 1. The Labute approximate surface area is 118 Å². The number of nitrogens with one attached hydrogen (secondary N) is 1. The van der Waals surface area contributed by atoms with Crippen molar-refractivity contribution >= 4 is 16.9 Å². The van der Waals surface area contributed by atoms with Gasteiger partial charge in [-0.2, -0.15) is 5.10 Å². The third kappa shape index (κ3) is 2.47. The van der Waals surface area contributed by atoms with Crippen LogP contribution in [0.25, 0.3) is 11.0 Å². The maximum Gasteiger partial charge on any atom is 0.163 e. The molecule has 0 aromatic carbocycles. The molecular weight excluding hydrogens is 254 g/mol. The Balaban J connectivity index is 2.01. The van der Waals surface area contributed by atoms with Gasteiger partial charge in [0.2, 0.25) is 0 Å². The lowest BCUT2D eigenvalue weighted by atomic mass is 10.1. The van der Waals surface area contributed by atoms with Crippen LogP contribution in [0, 0.1) is 0 Å². The quantitative estimate of drug-likeness (QED) is 0.890. The minimum absolute atomic E-state index is 0.411. The smallest absolute Gasteiger partial charge is 0.163 e. The summed E-state index contributed by atoms with van der Waals surface area (Å²) in [5.41, 5.74) is 0.856. The highest BCUT2D eigenvalue weighted by Gasteiger charge is 2.22. The summed E-state index contributed by atoms with van der Waals surface area (Å²) in [6.45, 7) is 2.23. The summed E-state index contributed by atoms with van der Waals surface area (Å²) in [4.78, 5) is 9.37. The summed E-state index contributed by atoms with van der Waals surface area (Å²) in [6.07, 6.45) is 6.21. The van der Waals surface area contributed by atoms with Crippen molar-refractivity contribution in [2.75, 3.05) is 11.9 Å². The van der Waals surface area contributed by atoms with Crippen molar-refractivity contribution in [3.8, 4) is 0 Å². The van der Waals surface area contributed by atoms with E-state index in [1.54, 1.807) is 17.8 Å². The van der Waals surface area contributed by atoms with Gasteiger partial charge in [0.1, 0.15) is 11.6 Å². The van der Waals surface area contributed by atoms with Crippen LogP contribution in [0.2, 0.25) is 0 Å². The zero-order valence-electron chi connectivity index (χ0n) is 12.0. The van der Waals surface area contributed by atoms with E-state index in [2.05, 4.69) is 15.4 Å². The summed E-state index contributed by atoms with van der Waals surface area (Å²) in [5, 5.41) is 17.8. The first kappa shape index (κ1) is 13.3. The molecule has 2 heterocycles. The number of fused-ring (bicyclic) bond motifs is 1. The standard InChI is InChI=1S/C14H21N5O/c1-9(20)7-15-13-11-8-16-19(2)14(11)18-12(17-13)10-5-3-4-6-10/h8-10,20H,3-7H2,1-2H3,(H,15,17,18). The molecule has 0 aliphatic heterocycles. The zero-order valence-corrected chi connectivity index (χ0v) is 12.0. The van der Waals surface area contributed by atoms with Crippen molar-refractivity contribution in [2.24, 2.45) is 7.05 Å². The lowest BCUT2D eigenvalue weighted by Gasteiger charge is -2.13. The van der Waals surface area contributed by atoms with Gasteiger partial charge >= 0.3 is 0 Å². The van der Waals surface area contributed by atoms with Crippen molar-refractivity contribution in [3.05, 3.63) is 12.0 Å². The third-order valence-electron chi connectivity index (χ3n) is 3.89. The van der Waals surface area contributed by atoms with E-state index in [4.69, 9.17) is 4.98 Å². The van der Waals surface area contributed by atoms with Gasteiger partial charge in [0.15, 0.2) is 5.65 Å². The summed E-state index contributed by atoms with van der Waals surface area (Å²) in [7, 11) is 1.90. The maximum absolute atomic E-state index is 9.45. The molecule has 1 unspecified atom stereocenters. The first-order valence-corrected chi connectivity index (χ1v) is 7.26. The molecule has 0 radical (unpaired) electrons.